The van der Waals surface area contributed by atoms with E-state index in [-0.39, 0.29) is 25.0 Å². The smallest absolute Gasteiger partial charge is 0.308 e. The van der Waals surface area contributed by atoms with Crippen LogP contribution in [0.3, 0.4) is 0 Å². The number of methoxy groups -OCH3 is 2. The van der Waals surface area contributed by atoms with Crippen molar-refractivity contribution in [2.45, 2.75) is 65.6 Å². The Morgan fingerprint density at radius 1 is 0.518 bits per heavy atom. The van der Waals surface area contributed by atoms with Gasteiger partial charge < -0.3 is 48.1 Å². The molecule has 4 atom stereocenters. The largest absolute Gasteiger partial charge is 0.493 e. The van der Waals surface area contributed by atoms with Crippen molar-refractivity contribution in [3.8, 4) is 46.0 Å². The highest BCUT2D eigenvalue weighted by Gasteiger charge is 2.34. The third-order valence-electron chi connectivity index (χ3n) is 9.23. The van der Waals surface area contributed by atoms with Gasteiger partial charge in [0.2, 0.25) is 0 Å². The van der Waals surface area contributed by atoms with E-state index in [1.165, 1.54) is 41.9 Å². The molecule has 2 aliphatic rings. The lowest BCUT2D eigenvalue weighted by Gasteiger charge is -2.32. The maximum Gasteiger partial charge on any atom is 0.308 e. The number of aliphatic hydroxyl groups is 2. The number of carbonyl (C=O) groups is 4. The first-order valence-electron chi connectivity index (χ1n) is 17.6. The molecule has 4 aromatic carbocycles. The van der Waals surface area contributed by atoms with Crippen LogP contribution in [0, 0.1) is 13.8 Å². The molecular weight excluding hydrogens is 728 g/mol. The van der Waals surface area contributed by atoms with Crippen molar-refractivity contribution in [1.82, 2.24) is 0 Å². The van der Waals surface area contributed by atoms with Gasteiger partial charge in [-0.15, -0.1) is 0 Å². The summed E-state index contributed by atoms with van der Waals surface area (Å²) >= 11 is 0. The van der Waals surface area contributed by atoms with E-state index < -0.39 is 36.1 Å². The normalized spacial score (nSPS) is 17.9. The topological polar surface area (TPSA) is 183 Å². The van der Waals surface area contributed by atoms with Gasteiger partial charge in [-0.1, -0.05) is 12.1 Å². The van der Waals surface area contributed by atoms with Crippen molar-refractivity contribution in [2.24, 2.45) is 0 Å². The van der Waals surface area contributed by atoms with Crippen LogP contribution in [0.1, 0.15) is 85.1 Å². The van der Waals surface area contributed by atoms with Crippen molar-refractivity contribution >= 4 is 23.9 Å². The molecule has 0 fully saturated rings. The lowest BCUT2D eigenvalue weighted by Crippen LogP contribution is -2.25. The van der Waals surface area contributed by atoms with Gasteiger partial charge in [0.05, 0.1) is 39.6 Å². The lowest BCUT2D eigenvalue weighted by molar-refractivity contribution is -0.132. The molecule has 0 saturated carbocycles. The van der Waals surface area contributed by atoms with Gasteiger partial charge in [-0.3, -0.25) is 19.2 Å². The first-order valence-corrected chi connectivity index (χ1v) is 17.6. The van der Waals surface area contributed by atoms with Crippen molar-refractivity contribution in [2.75, 3.05) is 27.4 Å². The molecule has 0 aromatic heterocycles. The summed E-state index contributed by atoms with van der Waals surface area (Å²) < 4.78 is 43.0. The lowest BCUT2D eigenvalue weighted by atomic mass is 9.86. The molecule has 0 spiro atoms. The van der Waals surface area contributed by atoms with Crippen LogP contribution in [0.25, 0.3) is 0 Å². The fourth-order valence-electron chi connectivity index (χ4n) is 6.60. The quantitative estimate of drug-likeness (QED) is 0.154. The summed E-state index contributed by atoms with van der Waals surface area (Å²) in [4.78, 5) is 44.9. The van der Waals surface area contributed by atoms with Gasteiger partial charge in [-0.2, -0.15) is 0 Å². The summed E-state index contributed by atoms with van der Waals surface area (Å²) in [6.45, 7) is 9.31. The highest BCUT2D eigenvalue weighted by molar-refractivity contribution is 5.72. The molecule has 2 heterocycles. The molecule has 14 nitrogen and oxygen atoms in total. The maximum absolute atomic E-state index is 11.2. The molecule has 0 radical (unpaired) electrons. The van der Waals surface area contributed by atoms with Crippen LogP contribution in [0.2, 0.25) is 0 Å². The average molecular weight is 773 g/mol. The van der Waals surface area contributed by atoms with Crippen molar-refractivity contribution in [1.29, 1.82) is 0 Å². The molecule has 0 bridgehead atoms. The fourth-order valence-corrected chi connectivity index (χ4v) is 6.60. The minimum Gasteiger partial charge on any atom is -0.493 e. The van der Waals surface area contributed by atoms with Crippen LogP contribution in [-0.2, 0) is 19.2 Å². The first kappa shape index (κ1) is 41.1. The molecule has 0 aliphatic carbocycles. The Balaban J connectivity index is 0.000000214. The number of fused-ring (bicyclic) bond motifs is 2. The van der Waals surface area contributed by atoms with Crippen LogP contribution in [0.15, 0.2) is 60.7 Å². The Morgan fingerprint density at radius 2 is 0.839 bits per heavy atom. The van der Waals surface area contributed by atoms with Crippen LogP contribution >= 0.6 is 0 Å². The molecule has 14 heteroatoms. The number of esters is 4. The van der Waals surface area contributed by atoms with E-state index in [4.69, 9.17) is 37.9 Å². The summed E-state index contributed by atoms with van der Waals surface area (Å²) in [7, 11) is 2.96. The second kappa shape index (κ2) is 17.6. The van der Waals surface area contributed by atoms with Crippen LogP contribution in [0.4, 0.5) is 0 Å². The van der Waals surface area contributed by atoms with Gasteiger partial charge in [0.1, 0.15) is 23.0 Å². The van der Waals surface area contributed by atoms with Gasteiger partial charge in [-0.25, -0.2) is 0 Å². The molecular formula is C42H44O14. The summed E-state index contributed by atoms with van der Waals surface area (Å²) in [6, 6.07) is 16.9. The Labute approximate surface area is 323 Å². The van der Waals surface area contributed by atoms with Gasteiger partial charge >= 0.3 is 23.9 Å². The number of carbonyl (C=O) groups excluding carboxylic acids is 4. The zero-order valence-corrected chi connectivity index (χ0v) is 32.3. The number of aliphatic hydroxyl groups excluding tert-OH is 2. The van der Waals surface area contributed by atoms with Crippen molar-refractivity contribution in [3.63, 3.8) is 0 Å². The monoisotopic (exact) mass is 772 g/mol. The zero-order valence-electron chi connectivity index (χ0n) is 32.3. The van der Waals surface area contributed by atoms with Crippen LogP contribution < -0.4 is 37.9 Å². The number of hydrogen-bond acceptors (Lipinski definition) is 14. The second-order valence-corrected chi connectivity index (χ2v) is 13.1. The van der Waals surface area contributed by atoms with Crippen LogP contribution in [0.5, 0.6) is 46.0 Å². The van der Waals surface area contributed by atoms with Gasteiger partial charge in [0, 0.05) is 61.8 Å². The zero-order chi connectivity index (χ0) is 40.8. The maximum atomic E-state index is 11.2. The highest BCUT2D eigenvalue weighted by atomic mass is 16.6. The summed E-state index contributed by atoms with van der Waals surface area (Å²) in [5.41, 5.74) is 4.13. The predicted octanol–water partition coefficient (Wildman–Crippen LogP) is 6.13. The van der Waals surface area contributed by atoms with Crippen molar-refractivity contribution < 1.29 is 67.3 Å². The standard InChI is InChI=1S/2C21H22O7/c2*1-11-17(27-12(2)22)8-6-15-20(24)16(10-26-21(11)15)14-5-7-18(28-13(3)23)19(9-14)25-4/h2*5-9,16,20,24H,10H2,1-4H3. The molecule has 0 amide bonds. The number of ether oxygens (including phenoxy) is 8. The van der Waals surface area contributed by atoms with E-state index in [1.807, 2.05) is 0 Å². The fraction of sp³-hybridized carbons (Fsp3) is 0.333. The predicted molar refractivity (Wildman–Crippen MR) is 200 cm³/mol. The molecule has 6 rings (SSSR count). The molecule has 296 valence electrons. The SMILES string of the molecule is COc1cc(C2COc3c(ccc(OC(C)=O)c3C)C2O)ccc1OC(C)=O.COc1cc(C2COc3c(ccc(OC(C)=O)c3C)C2O)ccc1OC(C)=O. The third-order valence-corrected chi connectivity index (χ3v) is 9.23. The van der Waals surface area contributed by atoms with E-state index in [9.17, 15) is 29.4 Å². The molecule has 0 saturated heterocycles. The summed E-state index contributed by atoms with van der Waals surface area (Å²) in [5.74, 6) is 0.859. The summed E-state index contributed by atoms with van der Waals surface area (Å²) in [6.07, 6.45) is -1.64. The van der Waals surface area contributed by atoms with E-state index in [0.717, 1.165) is 11.1 Å². The molecule has 4 aromatic rings. The Hall–Kier alpha value is -6.12. The minimum atomic E-state index is -0.821. The third kappa shape index (κ3) is 9.04. The van der Waals surface area contributed by atoms with Gasteiger partial charge in [0.15, 0.2) is 23.0 Å². The highest BCUT2D eigenvalue weighted by Crippen LogP contribution is 2.47. The van der Waals surface area contributed by atoms with E-state index >= 15 is 0 Å². The van der Waals surface area contributed by atoms with Gasteiger partial charge in [0.25, 0.3) is 0 Å². The number of hydrogen-bond donors (Lipinski definition) is 2. The van der Waals surface area contributed by atoms with Crippen LogP contribution in [-0.4, -0.2) is 61.5 Å². The minimum absolute atomic E-state index is 0.231. The van der Waals surface area contributed by atoms with Gasteiger partial charge in [-0.05, 0) is 73.5 Å². The number of benzene rings is 4. The Morgan fingerprint density at radius 3 is 1.16 bits per heavy atom. The average Bonchev–Trinajstić information content (AvgIpc) is 3.14. The first-order chi connectivity index (χ1) is 26.6. The summed E-state index contributed by atoms with van der Waals surface area (Å²) in [5, 5.41) is 21.9. The number of rotatable bonds is 8. The molecule has 2 aliphatic heterocycles. The van der Waals surface area contributed by atoms with E-state index in [2.05, 4.69) is 0 Å². The Bertz CT molecular complexity index is 1990. The second-order valence-electron chi connectivity index (χ2n) is 13.1. The Kier molecular flexibility index (Phi) is 12.9. The van der Waals surface area contributed by atoms with E-state index in [1.54, 1.807) is 74.5 Å². The van der Waals surface area contributed by atoms with Crippen molar-refractivity contribution in [3.05, 3.63) is 94.0 Å². The molecule has 56 heavy (non-hydrogen) atoms. The molecule has 2 N–H and O–H groups in total. The molecule has 4 unspecified atom stereocenters. The van der Waals surface area contributed by atoms with E-state index in [0.29, 0.717) is 68.2 Å².